The van der Waals surface area contributed by atoms with Gasteiger partial charge in [0.05, 0.1) is 11.6 Å². The molecular weight excluding hydrogens is 340 g/mol. The zero-order valence-corrected chi connectivity index (χ0v) is 15.0. The van der Waals surface area contributed by atoms with E-state index < -0.39 is 29.4 Å². The Balaban J connectivity index is 1.87. The summed E-state index contributed by atoms with van der Waals surface area (Å²) in [6.07, 6.45) is 0.105. The van der Waals surface area contributed by atoms with E-state index in [4.69, 9.17) is 9.47 Å². The smallest absolute Gasteiger partial charge is 0.410 e. The van der Waals surface area contributed by atoms with Crippen LogP contribution in [0.2, 0.25) is 0 Å². The van der Waals surface area contributed by atoms with Crippen LogP contribution in [0.25, 0.3) is 0 Å². The van der Waals surface area contributed by atoms with Crippen LogP contribution in [0.3, 0.4) is 0 Å². The first kappa shape index (κ1) is 18.2. The fourth-order valence-corrected chi connectivity index (χ4v) is 2.81. The second-order valence-corrected chi connectivity index (χ2v) is 7.19. The third-order valence-corrected chi connectivity index (χ3v) is 4.02. The lowest BCUT2D eigenvalue weighted by atomic mass is 9.94. The summed E-state index contributed by atoms with van der Waals surface area (Å²) in [6, 6.07) is 9.59. The molecule has 4 nitrogen and oxygen atoms in total. The summed E-state index contributed by atoms with van der Waals surface area (Å²) in [4.78, 5) is 13.8. The minimum atomic E-state index is -0.632. The molecule has 2 aromatic carbocycles. The third-order valence-electron chi connectivity index (χ3n) is 4.02. The second kappa shape index (κ2) is 6.94. The molecule has 0 N–H and O–H groups in total. The molecule has 1 saturated heterocycles. The van der Waals surface area contributed by atoms with Gasteiger partial charge < -0.3 is 14.4 Å². The molecule has 1 amide bonds. The van der Waals surface area contributed by atoms with Crippen molar-refractivity contribution in [3.8, 4) is 11.5 Å². The topological polar surface area (TPSA) is 38.8 Å². The van der Waals surface area contributed by atoms with E-state index in [-0.39, 0.29) is 17.1 Å². The van der Waals surface area contributed by atoms with Crippen molar-refractivity contribution >= 4 is 6.09 Å². The predicted octanol–water partition coefficient (Wildman–Crippen LogP) is 5.44. The molecule has 0 bridgehead atoms. The van der Waals surface area contributed by atoms with Gasteiger partial charge in [-0.1, -0.05) is 12.1 Å². The number of halogens is 2. The lowest BCUT2D eigenvalue weighted by molar-refractivity contribution is -0.00660. The van der Waals surface area contributed by atoms with Crippen molar-refractivity contribution in [1.82, 2.24) is 4.90 Å². The molecule has 2 aromatic rings. The molecule has 1 aliphatic heterocycles. The number of amides is 1. The van der Waals surface area contributed by atoms with E-state index in [1.807, 2.05) is 0 Å². The highest BCUT2D eigenvalue weighted by Gasteiger charge is 2.39. The molecule has 0 spiro atoms. The monoisotopic (exact) mass is 361 g/mol. The summed E-state index contributed by atoms with van der Waals surface area (Å²) in [6.45, 7) is 5.82. The van der Waals surface area contributed by atoms with Gasteiger partial charge in [0.1, 0.15) is 28.7 Å². The first-order valence-corrected chi connectivity index (χ1v) is 8.46. The van der Waals surface area contributed by atoms with Crippen LogP contribution in [0.15, 0.2) is 42.5 Å². The average Bonchev–Trinajstić information content (AvgIpc) is 2.47. The van der Waals surface area contributed by atoms with Gasteiger partial charge in [-0.3, -0.25) is 0 Å². The Morgan fingerprint density at radius 3 is 2.50 bits per heavy atom. The van der Waals surface area contributed by atoms with Crippen LogP contribution in [-0.2, 0) is 4.74 Å². The molecule has 1 fully saturated rings. The minimum Gasteiger partial charge on any atom is -0.457 e. The van der Waals surface area contributed by atoms with Gasteiger partial charge in [0.2, 0.25) is 0 Å². The lowest BCUT2D eigenvalue weighted by Gasteiger charge is -2.42. The van der Waals surface area contributed by atoms with Gasteiger partial charge in [-0.05, 0) is 51.5 Å². The Bertz CT molecular complexity index is 817. The first-order chi connectivity index (χ1) is 12.2. The van der Waals surface area contributed by atoms with Crippen LogP contribution in [0.1, 0.15) is 38.8 Å². The van der Waals surface area contributed by atoms with Gasteiger partial charge in [-0.25, -0.2) is 13.6 Å². The summed E-state index contributed by atoms with van der Waals surface area (Å²) in [5.41, 5.74) is -0.359. The van der Waals surface area contributed by atoms with Crippen LogP contribution in [0.4, 0.5) is 13.6 Å². The van der Waals surface area contributed by atoms with Crippen molar-refractivity contribution in [2.24, 2.45) is 0 Å². The second-order valence-electron chi connectivity index (χ2n) is 7.19. The summed E-state index contributed by atoms with van der Waals surface area (Å²) < 4.78 is 39.0. The number of likely N-dealkylation sites (tertiary alicyclic amines) is 1. The fraction of sp³-hybridized carbons (Fsp3) is 0.350. The van der Waals surface area contributed by atoms with Gasteiger partial charge in [0.15, 0.2) is 0 Å². The van der Waals surface area contributed by atoms with Crippen molar-refractivity contribution in [3.05, 3.63) is 59.7 Å². The standard InChI is InChI=1S/C20H21F2NO3/c1-20(2,3)26-19(24)23-11-10-16(23)18-15(22)8-5-9-17(18)25-14-7-4-6-13(21)12-14/h4-9,12,16H,10-11H2,1-3H3. The van der Waals surface area contributed by atoms with E-state index in [0.717, 1.165) is 0 Å². The third kappa shape index (κ3) is 3.95. The average molecular weight is 361 g/mol. The highest BCUT2D eigenvalue weighted by Crippen LogP contribution is 2.41. The van der Waals surface area contributed by atoms with Gasteiger partial charge in [0, 0.05) is 12.6 Å². The van der Waals surface area contributed by atoms with Crippen molar-refractivity contribution < 1.29 is 23.0 Å². The Kier molecular flexibility index (Phi) is 4.85. The molecule has 26 heavy (non-hydrogen) atoms. The fourth-order valence-electron chi connectivity index (χ4n) is 2.81. The zero-order valence-electron chi connectivity index (χ0n) is 15.0. The Hall–Kier alpha value is -2.63. The maximum Gasteiger partial charge on any atom is 0.410 e. The molecular formula is C20H21F2NO3. The Labute approximate surface area is 151 Å². The lowest BCUT2D eigenvalue weighted by Crippen LogP contribution is -2.47. The van der Waals surface area contributed by atoms with E-state index in [2.05, 4.69) is 0 Å². The molecule has 6 heteroatoms. The SMILES string of the molecule is CC(C)(C)OC(=O)N1CCC1c1c(F)cccc1Oc1cccc(F)c1. The number of benzene rings is 2. The number of carbonyl (C=O) groups is 1. The number of rotatable bonds is 3. The van der Waals surface area contributed by atoms with Crippen LogP contribution < -0.4 is 4.74 Å². The molecule has 1 aliphatic rings. The summed E-state index contributed by atoms with van der Waals surface area (Å²) >= 11 is 0. The largest absolute Gasteiger partial charge is 0.457 e. The predicted molar refractivity (Wildman–Crippen MR) is 93.2 cm³/mol. The summed E-state index contributed by atoms with van der Waals surface area (Å²) in [7, 11) is 0. The van der Waals surface area contributed by atoms with Crippen LogP contribution in [-0.4, -0.2) is 23.1 Å². The van der Waals surface area contributed by atoms with Crippen molar-refractivity contribution in [2.75, 3.05) is 6.54 Å². The Morgan fingerprint density at radius 2 is 1.88 bits per heavy atom. The van der Waals surface area contributed by atoms with Gasteiger partial charge >= 0.3 is 6.09 Å². The molecule has 0 radical (unpaired) electrons. The molecule has 0 aliphatic carbocycles. The normalized spacial score (nSPS) is 16.8. The number of carbonyl (C=O) groups excluding carboxylic acids is 1. The van der Waals surface area contributed by atoms with Gasteiger partial charge in [0.25, 0.3) is 0 Å². The maximum absolute atomic E-state index is 14.5. The van der Waals surface area contributed by atoms with Gasteiger partial charge in [-0.15, -0.1) is 0 Å². The van der Waals surface area contributed by atoms with E-state index in [0.29, 0.717) is 13.0 Å². The molecule has 3 rings (SSSR count). The van der Waals surface area contributed by atoms with Gasteiger partial charge in [-0.2, -0.15) is 0 Å². The minimum absolute atomic E-state index is 0.258. The highest BCUT2D eigenvalue weighted by atomic mass is 19.1. The number of ether oxygens (including phenoxy) is 2. The molecule has 138 valence electrons. The first-order valence-electron chi connectivity index (χ1n) is 8.46. The molecule has 1 heterocycles. The van der Waals surface area contributed by atoms with Crippen LogP contribution in [0, 0.1) is 11.6 Å². The van der Waals surface area contributed by atoms with E-state index >= 15 is 0 Å². The van der Waals surface area contributed by atoms with E-state index in [1.54, 1.807) is 32.9 Å². The van der Waals surface area contributed by atoms with E-state index in [1.165, 1.54) is 35.2 Å². The van der Waals surface area contributed by atoms with Crippen LogP contribution >= 0.6 is 0 Å². The summed E-state index contributed by atoms with van der Waals surface area (Å²) in [5, 5.41) is 0. The number of nitrogens with zero attached hydrogens (tertiary/aromatic N) is 1. The molecule has 1 atom stereocenters. The Morgan fingerprint density at radius 1 is 1.15 bits per heavy atom. The zero-order chi connectivity index (χ0) is 18.9. The summed E-state index contributed by atoms with van der Waals surface area (Å²) in [5.74, 6) is -0.398. The number of hydrogen-bond donors (Lipinski definition) is 0. The molecule has 1 unspecified atom stereocenters. The maximum atomic E-state index is 14.5. The highest BCUT2D eigenvalue weighted by molar-refractivity contribution is 5.70. The van der Waals surface area contributed by atoms with Crippen molar-refractivity contribution in [1.29, 1.82) is 0 Å². The van der Waals surface area contributed by atoms with Crippen LogP contribution in [0.5, 0.6) is 11.5 Å². The van der Waals surface area contributed by atoms with E-state index in [9.17, 15) is 13.6 Å². The quantitative estimate of drug-likeness (QED) is 0.731. The molecule has 0 aromatic heterocycles. The number of hydrogen-bond acceptors (Lipinski definition) is 3. The van der Waals surface area contributed by atoms with Crippen molar-refractivity contribution in [3.63, 3.8) is 0 Å². The molecule has 0 saturated carbocycles. The van der Waals surface area contributed by atoms with Crippen molar-refractivity contribution in [2.45, 2.75) is 38.8 Å².